The first-order valence-electron chi connectivity index (χ1n) is 6.86. The lowest BCUT2D eigenvalue weighted by atomic mass is 9.93. The second-order valence-corrected chi connectivity index (χ2v) is 5.32. The number of phenolic OH excluding ortho intramolecular Hbond substituents is 1. The van der Waals surface area contributed by atoms with E-state index >= 15 is 0 Å². The highest BCUT2D eigenvalue weighted by Gasteiger charge is 2.39. The van der Waals surface area contributed by atoms with Crippen LogP contribution in [0.2, 0.25) is 0 Å². The van der Waals surface area contributed by atoms with Crippen LogP contribution in [-0.2, 0) is 4.79 Å². The quantitative estimate of drug-likeness (QED) is 0.804. The molecular weight excluding hydrogens is 276 g/mol. The molecule has 0 aromatic heterocycles. The second kappa shape index (κ2) is 6.46. The van der Waals surface area contributed by atoms with E-state index in [0.717, 1.165) is 36.9 Å². The van der Waals surface area contributed by atoms with Gasteiger partial charge in [0.15, 0.2) is 0 Å². The van der Waals surface area contributed by atoms with Gasteiger partial charge in [-0.25, -0.2) is 0 Å². The molecule has 0 bridgehead atoms. The van der Waals surface area contributed by atoms with Gasteiger partial charge < -0.3 is 15.7 Å². The highest BCUT2D eigenvalue weighted by atomic mass is 35.5. The van der Waals surface area contributed by atoms with Crippen LogP contribution in [0.25, 0.3) is 0 Å². The van der Waals surface area contributed by atoms with Crippen LogP contribution < -0.4 is 10.6 Å². The number of rotatable bonds is 3. The summed E-state index contributed by atoms with van der Waals surface area (Å²) in [6.07, 6.45) is 2.67. The summed E-state index contributed by atoms with van der Waals surface area (Å²) in [4.78, 5) is 12.5. The minimum Gasteiger partial charge on any atom is -0.507 e. The Kier molecular flexibility index (Phi) is 5.42. The molecule has 0 spiro atoms. The Morgan fingerprint density at radius 3 is 2.70 bits per heavy atom. The second-order valence-electron chi connectivity index (χ2n) is 5.32. The molecule has 5 heteroatoms. The van der Waals surface area contributed by atoms with E-state index in [1.54, 1.807) is 0 Å². The van der Waals surface area contributed by atoms with E-state index in [2.05, 4.69) is 10.6 Å². The van der Waals surface area contributed by atoms with E-state index in [-0.39, 0.29) is 24.1 Å². The third-order valence-electron chi connectivity index (χ3n) is 4.16. The van der Waals surface area contributed by atoms with Crippen LogP contribution in [0.15, 0.2) is 12.1 Å². The highest BCUT2D eigenvalue weighted by Crippen LogP contribution is 2.30. The Hall–Kier alpha value is -1.26. The smallest absolute Gasteiger partial charge is 0.244 e. The molecule has 1 heterocycles. The van der Waals surface area contributed by atoms with Crippen molar-refractivity contribution in [2.45, 2.75) is 45.6 Å². The summed E-state index contributed by atoms with van der Waals surface area (Å²) < 4.78 is 0. The number of hydrogen-bond acceptors (Lipinski definition) is 3. The first-order chi connectivity index (χ1) is 9.00. The van der Waals surface area contributed by atoms with Gasteiger partial charge in [0.1, 0.15) is 5.75 Å². The lowest BCUT2D eigenvalue weighted by Crippen LogP contribution is -2.50. The Morgan fingerprint density at radius 2 is 2.15 bits per heavy atom. The lowest BCUT2D eigenvalue weighted by Gasteiger charge is -2.27. The summed E-state index contributed by atoms with van der Waals surface area (Å²) in [6.45, 7) is 6.58. The maximum absolute atomic E-state index is 12.5. The average Bonchev–Trinajstić information content (AvgIpc) is 2.89. The summed E-state index contributed by atoms with van der Waals surface area (Å²) in [5.41, 5.74) is 1.78. The molecule has 1 aliphatic heterocycles. The number of amides is 1. The number of carbonyl (C=O) groups excluding carboxylic acids is 1. The number of carbonyl (C=O) groups is 1. The first-order valence-corrected chi connectivity index (χ1v) is 6.86. The zero-order valence-electron chi connectivity index (χ0n) is 12.2. The third-order valence-corrected chi connectivity index (χ3v) is 4.16. The molecule has 1 saturated heterocycles. The summed E-state index contributed by atoms with van der Waals surface area (Å²) in [5.74, 6) is 0.251. The fraction of sp³-hybridized carbons (Fsp3) is 0.533. The van der Waals surface area contributed by atoms with Crippen LogP contribution in [0.4, 0.5) is 5.69 Å². The van der Waals surface area contributed by atoms with Crippen LogP contribution >= 0.6 is 12.4 Å². The molecule has 4 nitrogen and oxygen atoms in total. The van der Waals surface area contributed by atoms with Gasteiger partial charge in [-0.15, -0.1) is 12.4 Å². The van der Waals surface area contributed by atoms with Crippen molar-refractivity contribution in [3.63, 3.8) is 0 Å². The Balaban J connectivity index is 0.00000200. The number of nitrogens with one attached hydrogen (secondary N) is 2. The van der Waals surface area contributed by atoms with Crippen molar-refractivity contribution in [1.29, 1.82) is 0 Å². The molecular formula is C15H23ClN2O2. The minimum atomic E-state index is -0.451. The van der Waals surface area contributed by atoms with Gasteiger partial charge in [0.05, 0.1) is 5.54 Å². The fourth-order valence-electron chi connectivity index (χ4n) is 2.68. The van der Waals surface area contributed by atoms with Gasteiger partial charge in [0.2, 0.25) is 5.91 Å². The van der Waals surface area contributed by atoms with E-state index in [4.69, 9.17) is 0 Å². The molecule has 1 aromatic carbocycles. The van der Waals surface area contributed by atoms with Crippen molar-refractivity contribution in [1.82, 2.24) is 5.32 Å². The van der Waals surface area contributed by atoms with Gasteiger partial charge in [-0.1, -0.05) is 13.0 Å². The molecule has 1 amide bonds. The van der Waals surface area contributed by atoms with Crippen LogP contribution in [0.3, 0.4) is 0 Å². The van der Waals surface area contributed by atoms with Crippen molar-refractivity contribution >= 4 is 24.0 Å². The molecule has 1 aliphatic rings. The minimum absolute atomic E-state index is 0. The molecule has 2 rings (SSSR count). The maximum atomic E-state index is 12.5. The molecule has 0 aliphatic carbocycles. The lowest BCUT2D eigenvalue weighted by molar-refractivity contribution is -0.122. The summed E-state index contributed by atoms with van der Waals surface area (Å²) in [5, 5.41) is 16.2. The molecule has 3 N–H and O–H groups in total. The van der Waals surface area contributed by atoms with Gasteiger partial charge in [0, 0.05) is 11.3 Å². The van der Waals surface area contributed by atoms with Gasteiger partial charge in [-0.3, -0.25) is 4.79 Å². The normalized spacial score (nSPS) is 21.4. The predicted molar refractivity (Wildman–Crippen MR) is 83.7 cm³/mol. The zero-order chi connectivity index (χ0) is 14.0. The van der Waals surface area contributed by atoms with Gasteiger partial charge in [0.25, 0.3) is 0 Å². The number of hydrogen-bond donors (Lipinski definition) is 3. The van der Waals surface area contributed by atoms with Gasteiger partial charge in [-0.2, -0.15) is 0 Å². The monoisotopic (exact) mass is 298 g/mol. The number of aromatic hydroxyl groups is 1. The SMILES string of the molecule is CCC1(C(=O)Nc2ccc(C)c(O)c2C)CCCN1.Cl. The zero-order valence-corrected chi connectivity index (χ0v) is 13.1. The standard InChI is InChI=1S/C15H22N2O2.ClH/c1-4-15(8-5-9-16-15)14(19)17-12-7-6-10(2)13(18)11(12)3;/h6-7,16,18H,4-5,8-9H2,1-3H3,(H,17,19);1H. The Morgan fingerprint density at radius 1 is 1.45 bits per heavy atom. The van der Waals surface area contributed by atoms with Gasteiger partial charge in [-0.05, 0) is 51.3 Å². The number of anilines is 1. The van der Waals surface area contributed by atoms with E-state index in [1.807, 2.05) is 32.9 Å². The predicted octanol–water partition coefficient (Wildman–Crippen LogP) is 2.90. The topological polar surface area (TPSA) is 61.4 Å². The van der Waals surface area contributed by atoms with Crippen LogP contribution in [0.1, 0.15) is 37.3 Å². The molecule has 0 saturated carbocycles. The van der Waals surface area contributed by atoms with Crippen LogP contribution in [-0.4, -0.2) is 23.1 Å². The fourth-order valence-corrected chi connectivity index (χ4v) is 2.68. The molecule has 0 radical (unpaired) electrons. The van der Waals surface area contributed by atoms with Crippen LogP contribution in [0.5, 0.6) is 5.75 Å². The van der Waals surface area contributed by atoms with E-state index in [0.29, 0.717) is 5.69 Å². The molecule has 1 fully saturated rings. The Bertz CT molecular complexity index is 497. The van der Waals surface area contributed by atoms with Crippen molar-refractivity contribution in [3.05, 3.63) is 23.3 Å². The Labute approximate surface area is 126 Å². The molecule has 112 valence electrons. The van der Waals surface area contributed by atoms with Crippen LogP contribution in [0, 0.1) is 13.8 Å². The van der Waals surface area contributed by atoms with Gasteiger partial charge >= 0.3 is 0 Å². The summed E-state index contributed by atoms with van der Waals surface area (Å²) in [6, 6.07) is 3.67. The van der Waals surface area contributed by atoms with E-state index < -0.39 is 5.54 Å². The molecule has 20 heavy (non-hydrogen) atoms. The molecule has 1 atom stereocenters. The first kappa shape index (κ1) is 16.8. The summed E-state index contributed by atoms with van der Waals surface area (Å²) >= 11 is 0. The average molecular weight is 299 g/mol. The van der Waals surface area contributed by atoms with Crippen molar-refractivity contribution < 1.29 is 9.90 Å². The van der Waals surface area contributed by atoms with E-state index in [9.17, 15) is 9.90 Å². The number of halogens is 1. The number of phenols is 1. The summed E-state index contributed by atoms with van der Waals surface area (Å²) in [7, 11) is 0. The highest BCUT2D eigenvalue weighted by molar-refractivity contribution is 5.99. The number of benzene rings is 1. The van der Waals surface area contributed by atoms with Crippen molar-refractivity contribution in [2.24, 2.45) is 0 Å². The van der Waals surface area contributed by atoms with Crippen molar-refractivity contribution in [2.75, 3.05) is 11.9 Å². The third kappa shape index (κ3) is 2.91. The maximum Gasteiger partial charge on any atom is 0.244 e. The molecule has 1 unspecified atom stereocenters. The number of aryl methyl sites for hydroxylation is 1. The molecule has 1 aromatic rings. The largest absolute Gasteiger partial charge is 0.507 e. The van der Waals surface area contributed by atoms with E-state index in [1.165, 1.54) is 0 Å². The van der Waals surface area contributed by atoms with Crippen molar-refractivity contribution in [3.8, 4) is 5.75 Å².